The molecule has 0 bridgehead atoms. The lowest BCUT2D eigenvalue weighted by molar-refractivity contribution is -0.138. The first-order valence-corrected chi connectivity index (χ1v) is 3.91. The van der Waals surface area contributed by atoms with Crippen molar-refractivity contribution in [3.05, 3.63) is 29.1 Å². The topological polar surface area (TPSA) is 83.5 Å². The Labute approximate surface area is 79.8 Å². The van der Waals surface area contributed by atoms with Crippen molar-refractivity contribution in [2.24, 2.45) is 5.73 Å². The fourth-order valence-corrected chi connectivity index (χ4v) is 1.20. The van der Waals surface area contributed by atoms with E-state index in [1.807, 2.05) is 0 Å². The Hall–Kier alpha value is -1.62. The summed E-state index contributed by atoms with van der Waals surface area (Å²) in [6.07, 6.45) is 0. The van der Waals surface area contributed by atoms with Gasteiger partial charge in [-0.05, 0) is 24.6 Å². The lowest BCUT2D eigenvalue weighted by atomic mass is 10.0. The highest BCUT2D eigenvalue weighted by molar-refractivity contribution is 5.77. The SMILES string of the molecule is Cc1c(F)ccc(O)c1C(N)C(=O)O. The maximum absolute atomic E-state index is 13.0. The Bertz CT molecular complexity index is 379. The molecule has 1 aromatic rings. The monoisotopic (exact) mass is 199 g/mol. The van der Waals surface area contributed by atoms with Crippen molar-refractivity contribution in [1.29, 1.82) is 0 Å². The summed E-state index contributed by atoms with van der Waals surface area (Å²) in [5.74, 6) is -2.21. The summed E-state index contributed by atoms with van der Waals surface area (Å²) in [7, 11) is 0. The lowest BCUT2D eigenvalue weighted by Gasteiger charge is -2.12. The van der Waals surface area contributed by atoms with Crippen molar-refractivity contribution >= 4 is 5.97 Å². The first kappa shape index (κ1) is 10.5. The second-order valence-electron chi connectivity index (χ2n) is 2.92. The number of phenols is 1. The molecule has 76 valence electrons. The highest BCUT2D eigenvalue weighted by Crippen LogP contribution is 2.28. The van der Waals surface area contributed by atoms with Crippen LogP contribution in [0.25, 0.3) is 0 Å². The zero-order valence-electron chi connectivity index (χ0n) is 7.49. The minimum absolute atomic E-state index is 0.0555. The summed E-state index contributed by atoms with van der Waals surface area (Å²) >= 11 is 0. The van der Waals surface area contributed by atoms with Gasteiger partial charge >= 0.3 is 5.97 Å². The molecular formula is C9H10FNO3. The van der Waals surface area contributed by atoms with E-state index in [1.165, 1.54) is 6.92 Å². The van der Waals surface area contributed by atoms with Crippen molar-refractivity contribution in [1.82, 2.24) is 0 Å². The van der Waals surface area contributed by atoms with Gasteiger partial charge in [0.2, 0.25) is 0 Å². The summed E-state index contributed by atoms with van der Waals surface area (Å²) in [6.45, 7) is 1.37. The molecule has 1 unspecified atom stereocenters. The first-order valence-electron chi connectivity index (χ1n) is 3.91. The van der Waals surface area contributed by atoms with E-state index in [4.69, 9.17) is 10.8 Å². The van der Waals surface area contributed by atoms with Gasteiger partial charge < -0.3 is 15.9 Å². The fraction of sp³-hybridized carbons (Fsp3) is 0.222. The number of phenolic OH excluding ortho intramolecular Hbond substituents is 1. The number of nitrogens with two attached hydrogens (primary N) is 1. The van der Waals surface area contributed by atoms with Crippen LogP contribution < -0.4 is 5.73 Å². The van der Waals surface area contributed by atoms with Gasteiger partial charge in [0.25, 0.3) is 0 Å². The number of halogens is 1. The van der Waals surface area contributed by atoms with Gasteiger partial charge in [-0.25, -0.2) is 4.39 Å². The Kier molecular flexibility index (Phi) is 2.71. The van der Waals surface area contributed by atoms with E-state index >= 15 is 0 Å². The van der Waals surface area contributed by atoms with Gasteiger partial charge in [-0.3, -0.25) is 4.79 Å². The normalized spacial score (nSPS) is 12.5. The second kappa shape index (κ2) is 3.63. The van der Waals surface area contributed by atoms with Crippen LogP contribution >= 0.6 is 0 Å². The number of carbonyl (C=O) groups is 1. The van der Waals surface area contributed by atoms with Crippen molar-refractivity contribution in [2.45, 2.75) is 13.0 Å². The molecule has 0 fully saturated rings. The molecule has 0 radical (unpaired) electrons. The van der Waals surface area contributed by atoms with Gasteiger partial charge in [0, 0.05) is 5.56 Å². The molecule has 0 aromatic heterocycles. The molecule has 0 spiro atoms. The summed E-state index contributed by atoms with van der Waals surface area (Å²) in [5.41, 5.74) is 5.25. The molecule has 1 aromatic carbocycles. The summed E-state index contributed by atoms with van der Waals surface area (Å²) < 4.78 is 13.0. The van der Waals surface area contributed by atoms with Gasteiger partial charge in [0.15, 0.2) is 0 Å². The first-order chi connectivity index (χ1) is 6.45. The smallest absolute Gasteiger partial charge is 0.325 e. The van der Waals surface area contributed by atoms with Gasteiger partial charge in [0.05, 0.1) is 0 Å². The Balaban J connectivity index is 3.32. The second-order valence-corrected chi connectivity index (χ2v) is 2.92. The molecule has 14 heavy (non-hydrogen) atoms. The van der Waals surface area contributed by atoms with Crippen molar-refractivity contribution in [3.8, 4) is 5.75 Å². The zero-order chi connectivity index (χ0) is 10.9. The van der Waals surface area contributed by atoms with Crippen LogP contribution in [-0.2, 0) is 4.79 Å². The molecule has 0 amide bonds. The Morgan fingerprint density at radius 1 is 1.57 bits per heavy atom. The van der Waals surface area contributed by atoms with Gasteiger partial charge in [0.1, 0.15) is 17.6 Å². The molecule has 0 aliphatic carbocycles. The molecule has 4 N–H and O–H groups in total. The molecule has 0 saturated heterocycles. The summed E-state index contributed by atoms with van der Waals surface area (Å²) in [4.78, 5) is 10.6. The van der Waals surface area contributed by atoms with Crippen LogP contribution in [0.4, 0.5) is 4.39 Å². The van der Waals surface area contributed by atoms with Crippen LogP contribution in [0, 0.1) is 12.7 Å². The summed E-state index contributed by atoms with van der Waals surface area (Å²) in [6, 6.07) is 0.731. The van der Waals surface area contributed by atoms with Crippen molar-refractivity contribution < 1.29 is 19.4 Å². The molecule has 1 rings (SSSR count). The molecular weight excluding hydrogens is 189 g/mol. The number of aliphatic carboxylic acids is 1. The lowest BCUT2D eigenvalue weighted by Crippen LogP contribution is -2.22. The van der Waals surface area contributed by atoms with Crippen LogP contribution in [0.3, 0.4) is 0 Å². The van der Waals surface area contributed by atoms with Crippen LogP contribution in [0.5, 0.6) is 5.75 Å². The van der Waals surface area contributed by atoms with Crippen molar-refractivity contribution in [3.63, 3.8) is 0 Å². The average molecular weight is 199 g/mol. The average Bonchev–Trinajstić information content (AvgIpc) is 2.12. The van der Waals surface area contributed by atoms with Gasteiger partial charge in [-0.2, -0.15) is 0 Å². The zero-order valence-corrected chi connectivity index (χ0v) is 7.49. The third-order valence-corrected chi connectivity index (χ3v) is 2.00. The van der Waals surface area contributed by atoms with Crippen LogP contribution in [0.2, 0.25) is 0 Å². The largest absolute Gasteiger partial charge is 0.508 e. The molecule has 1 atom stereocenters. The molecule has 5 heteroatoms. The van der Waals surface area contributed by atoms with E-state index in [1.54, 1.807) is 0 Å². The Morgan fingerprint density at radius 2 is 2.14 bits per heavy atom. The van der Waals surface area contributed by atoms with Crippen LogP contribution in [0.1, 0.15) is 17.2 Å². The third kappa shape index (κ3) is 1.67. The van der Waals surface area contributed by atoms with Crippen LogP contribution in [0.15, 0.2) is 12.1 Å². The molecule has 0 aliphatic rings. The number of carboxylic acid groups (broad SMARTS) is 1. The molecule has 4 nitrogen and oxygen atoms in total. The molecule has 0 aliphatic heterocycles. The number of benzene rings is 1. The molecule has 0 saturated carbocycles. The fourth-order valence-electron chi connectivity index (χ4n) is 1.20. The Morgan fingerprint density at radius 3 is 2.64 bits per heavy atom. The number of hydrogen-bond donors (Lipinski definition) is 3. The minimum atomic E-state index is -1.41. The van der Waals surface area contributed by atoms with E-state index < -0.39 is 17.8 Å². The third-order valence-electron chi connectivity index (χ3n) is 2.00. The van der Waals surface area contributed by atoms with E-state index in [0.29, 0.717) is 0 Å². The number of rotatable bonds is 2. The van der Waals surface area contributed by atoms with E-state index in [0.717, 1.165) is 12.1 Å². The van der Waals surface area contributed by atoms with E-state index in [-0.39, 0.29) is 16.9 Å². The standard InChI is InChI=1S/C9H10FNO3/c1-4-5(10)2-3-6(12)7(4)8(11)9(13)14/h2-3,8,12H,11H2,1H3,(H,13,14). The van der Waals surface area contributed by atoms with E-state index in [2.05, 4.69) is 0 Å². The maximum atomic E-state index is 13.0. The van der Waals surface area contributed by atoms with Gasteiger partial charge in [-0.1, -0.05) is 0 Å². The molecule has 0 heterocycles. The highest BCUT2D eigenvalue weighted by atomic mass is 19.1. The predicted molar refractivity (Wildman–Crippen MR) is 47.4 cm³/mol. The quantitative estimate of drug-likeness (QED) is 0.661. The summed E-state index contributed by atoms with van der Waals surface area (Å²) in [5, 5.41) is 17.9. The maximum Gasteiger partial charge on any atom is 0.325 e. The number of hydrogen-bond acceptors (Lipinski definition) is 3. The minimum Gasteiger partial charge on any atom is -0.508 e. The van der Waals surface area contributed by atoms with E-state index in [9.17, 15) is 14.3 Å². The van der Waals surface area contributed by atoms with Crippen LogP contribution in [-0.4, -0.2) is 16.2 Å². The highest BCUT2D eigenvalue weighted by Gasteiger charge is 2.21. The number of carboxylic acids is 1. The van der Waals surface area contributed by atoms with Crippen molar-refractivity contribution in [2.75, 3.05) is 0 Å². The predicted octanol–water partition coefficient (Wildman–Crippen LogP) is 0.924. The van der Waals surface area contributed by atoms with Gasteiger partial charge in [-0.15, -0.1) is 0 Å². The number of aromatic hydroxyl groups is 1.